The van der Waals surface area contributed by atoms with E-state index in [4.69, 9.17) is 0 Å². The van der Waals surface area contributed by atoms with Crippen LogP contribution < -0.4 is 4.90 Å². The lowest BCUT2D eigenvalue weighted by atomic mass is 10.1. The van der Waals surface area contributed by atoms with Crippen molar-refractivity contribution in [3.05, 3.63) is 66.2 Å². The predicted octanol–water partition coefficient (Wildman–Crippen LogP) is 3.32. The fourth-order valence-electron chi connectivity index (χ4n) is 3.01. The third-order valence-electron chi connectivity index (χ3n) is 4.45. The number of nitrogens with zero attached hydrogens (tertiary/aromatic N) is 2. The number of para-hydroxylation sites is 1. The highest BCUT2D eigenvalue weighted by Crippen LogP contribution is 2.15. The minimum atomic E-state index is -3.35. The Morgan fingerprint density at radius 1 is 0.926 bits per heavy atom. The zero-order chi connectivity index (χ0) is 19.7. The number of benzene rings is 2. The van der Waals surface area contributed by atoms with E-state index in [0.717, 1.165) is 18.5 Å². The molecule has 0 saturated heterocycles. The molecule has 0 atom stereocenters. The first kappa shape index (κ1) is 21.1. The third kappa shape index (κ3) is 6.81. The average molecular weight is 389 g/mol. The lowest BCUT2D eigenvalue weighted by Gasteiger charge is -2.24. The summed E-state index contributed by atoms with van der Waals surface area (Å²) in [5, 5.41) is 0. The number of hydrogen-bond acceptors (Lipinski definition) is 3. The maximum Gasteiger partial charge on any atom is 0.228 e. The molecule has 6 heteroatoms. The number of aryl methyl sites for hydroxylation is 1. The molecular weight excluding hydrogens is 360 g/mol. The number of sulfonamides is 1. The SMILES string of the molecule is CCN(C(=O)CCN(CCCc1ccccc1)S(C)(=O)=O)c1ccccc1. The molecule has 0 aliphatic carbocycles. The summed E-state index contributed by atoms with van der Waals surface area (Å²) in [5.74, 6) is -0.0691. The standard InChI is InChI=1S/C21H28N2O3S/c1-3-23(20-14-8-5-9-15-20)21(24)16-18-22(27(2,25)26)17-10-13-19-11-6-4-7-12-19/h4-9,11-12,14-15H,3,10,13,16-18H2,1-2H3. The Morgan fingerprint density at radius 3 is 2.07 bits per heavy atom. The van der Waals surface area contributed by atoms with Gasteiger partial charge in [0.1, 0.15) is 0 Å². The van der Waals surface area contributed by atoms with E-state index in [9.17, 15) is 13.2 Å². The van der Waals surface area contributed by atoms with Gasteiger partial charge in [-0.2, -0.15) is 0 Å². The fraction of sp³-hybridized carbons (Fsp3) is 0.381. The van der Waals surface area contributed by atoms with Crippen LogP contribution >= 0.6 is 0 Å². The molecule has 5 nitrogen and oxygen atoms in total. The van der Waals surface area contributed by atoms with E-state index >= 15 is 0 Å². The van der Waals surface area contributed by atoms with E-state index in [1.54, 1.807) is 4.90 Å². The van der Waals surface area contributed by atoms with E-state index in [0.29, 0.717) is 13.1 Å². The summed E-state index contributed by atoms with van der Waals surface area (Å²) in [6.07, 6.45) is 2.91. The Kier molecular flexibility index (Phi) is 8.00. The van der Waals surface area contributed by atoms with Crippen LogP contribution in [-0.4, -0.2) is 44.5 Å². The quantitative estimate of drug-likeness (QED) is 0.627. The van der Waals surface area contributed by atoms with Crippen LogP contribution in [0.25, 0.3) is 0 Å². The number of rotatable bonds is 10. The molecule has 0 spiro atoms. The molecule has 2 rings (SSSR count). The molecule has 1 amide bonds. The van der Waals surface area contributed by atoms with Crippen LogP contribution in [0.2, 0.25) is 0 Å². The first-order valence-electron chi connectivity index (χ1n) is 9.26. The van der Waals surface area contributed by atoms with Gasteiger partial charge in [0, 0.05) is 31.7 Å². The average Bonchev–Trinajstić information content (AvgIpc) is 2.66. The molecule has 2 aromatic rings. The zero-order valence-electron chi connectivity index (χ0n) is 16.0. The van der Waals surface area contributed by atoms with Crippen LogP contribution in [0.5, 0.6) is 0 Å². The highest BCUT2D eigenvalue weighted by atomic mass is 32.2. The van der Waals surface area contributed by atoms with Crippen molar-refractivity contribution in [1.29, 1.82) is 0 Å². The largest absolute Gasteiger partial charge is 0.313 e. The van der Waals surface area contributed by atoms with E-state index in [2.05, 4.69) is 0 Å². The van der Waals surface area contributed by atoms with Gasteiger partial charge in [0.15, 0.2) is 0 Å². The summed E-state index contributed by atoms with van der Waals surface area (Å²) in [4.78, 5) is 14.3. The molecule has 0 radical (unpaired) electrons. The smallest absolute Gasteiger partial charge is 0.228 e. The Balaban J connectivity index is 1.92. The third-order valence-corrected chi connectivity index (χ3v) is 5.75. The summed E-state index contributed by atoms with van der Waals surface area (Å²) < 4.78 is 25.6. The fourth-order valence-corrected chi connectivity index (χ4v) is 3.90. The van der Waals surface area contributed by atoms with E-state index in [1.807, 2.05) is 67.6 Å². The summed E-state index contributed by atoms with van der Waals surface area (Å²) in [6, 6.07) is 19.4. The van der Waals surface area contributed by atoms with Gasteiger partial charge < -0.3 is 4.90 Å². The van der Waals surface area contributed by atoms with Crippen molar-refractivity contribution in [2.75, 3.05) is 30.8 Å². The topological polar surface area (TPSA) is 57.7 Å². The molecule has 2 aromatic carbocycles. The summed E-state index contributed by atoms with van der Waals surface area (Å²) in [7, 11) is -3.35. The van der Waals surface area contributed by atoms with Gasteiger partial charge in [-0.25, -0.2) is 12.7 Å². The van der Waals surface area contributed by atoms with E-state index in [-0.39, 0.29) is 18.9 Å². The number of carbonyl (C=O) groups is 1. The van der Waals surface area contributed by atoms with Gasteiger partial charge in [-0.3, -0.25) is 4.79 Å². The molecule has 0 aliphatic rings. The Bertz CT molecular complexity index is 808. The minimum absolute atomic E-state index is 0.0691. The van der Waals surface area contributed by atoms with Gasteiger partial charge in [0.05, 0.1) is 6.26 Å². The number of hydrogen-bond donors (Lipinski definition) is 0. The number of carbonyl (C=O) groups excluding carboxylic acids is 1. The Morgan fingerprint density at radius 2 is 1.52 bits per heavy atom. The zero-order valence-corrected chi connectivity index (χ0v) is 16.9. The predicted molar refractivity (Wildman–Crippen MR) is 110 cm³/mol. The highest BCUT2D eigenvalue weighted by Gasteiger charge is 2.20. The molecule has 0 fully saturated rings. The molecule has 0 aromatic heterocycles. The summed E-state index contributed by atoms with van der Waals surface area (Å²) >= 11 is 0. The summed E-state index contributed by atoms with van der Waals surface area (Å²) in [6.45, 7) is 3.09. The van der Waals surface area contributed by atoms with Crippen LogP contribution in [0.15, 0.2) is 60.7 Å². The van der Waals surface area contributed by atoms with Gasteiger partial charge >= 0.3 is 0 Å². The van der Waals surface area contributed by atoms with Crippen LogP contribution in [0.1, 0.15) is 25.3 Å². The molecule has 0 saturated carbocycles. The van der Waals surface area contributed by atoms with Crippen LogP contribution in [0, 0.1) is 0 Å². The van der Waals surface area contributed by atoms with Crippen molar-refractivity contribution in [3.63, 3.8) is 0 Å². The van der Waals surface area contributed by atoms with Crippen LogP contribution in [0.4, 0.5) is 5.69 Å². The maximum absolute atomic E-state index is 12.6. The Labute approximate surface area is 162 Å². The van der Waals surface area contributed by atoms with Crippen molar-refractivity contribution >= 4 is 21.6 Å². The second-order valence-electron chi connectivity index (χ2n) is 6.47. The molecular formula is C21H28N2O3S. The molecule has 0 bridgehead atoms. The van der Waals surface area contributed by atoms with Crippen molar-refractivity contribution in [1.82, 2.24) is 4.31 Å². The highest BCUT2D eigenvalue weighted by molar-refractivity contribution is 7.88. The van der Waals surface area contributed by atoms with Crippen molar-refractivity contribution in [2.45, 2.75) is 26.2 Å². The number of anilines is 1. The van der Waals surface area contributed by atoms with Crippen molar-refractivity contribution < 1.29 is 13.2 Å². The first-order valence-corrected chi connectivity index (χ1v) is 11.1. The maximum atomic E-state index is 12.6. The van der Waals surface area contributed by atoms with Gasteiger partial charge in [0.2, 0.25) is 15.9 Å². The monoisotopic (exact) mass is 388 g/mol. The van der Waals surface area contributed by atoms with E-state index in [1.165, 1.54) is 16.1 Å². The van der Waals surface area contributed by atoms with Crippen molar-refractivity contribution in [2.24, 2.45) is 0 Å². The lowest BCUT2D eigenvalue weighted by molar-refractivity contribution is -0.118. The van der Waals surface area contributed by atoms with Crippen LogP contribution in [-0.2, 0) is 21.2 Å². The molecule has 27 heavy (non-hydrogen) atoms. The first-order chi connectivity index (χ1) is 12.9. The van der Waals surface area contributed by atoms with E-state index < -0.39 is 10.0 Å². The van der Waals surface area contributed by atoms with Gasteiger partial charge in [-0.1, -0.05) is 48.5 Å². The Hall–Kier alpha value is -2.18. The molecule has 146 valence electrons. The van der Waals surface area contributed by atoms with Gasteiger partial charge in [-0.15, -0.1) is 0 Å². The lowest BCUT2D eigenvalue weighted by Crippen LogP contribution is -2.37. The number of amides is 1. The van der Waals surface area contributed by atoms with Gasteiger partial charge in [0.25, 0.3) is 0 Å². The van der Waals surface area contributed by atoms with Crippen molar-refractivity contribution in [3.8, 4) is 0 Å². The second-order valence-corrected chi connectivity index (χ2v) is 8.46. The second kappa shape index (κ2) is 10.2. The normalized spacial score (nSPS) is 11.5. The molecule has 0 N–H and O–H groups in total. The molecule has 0 unspecified atom stereocenters. The summed E-state index contributed by atoms with van der Waals surface area (Å²) in [5.41, 5.74) is 2.02. The van der Waals surface area contributed by atoms with Crippen LogP contribution in [0.3, 0.4) is 0 Å². The minimum Gasteiger partial charge on any atom is -0.313 e. The van der Waals surface area contributed by atoms with Gasteiger partial charge in [-0.05, 0) is 37.5 Å². The molecule has 0 heterocycles. The molecule has 0 aliphatic heterocycles.